The van der Waals surface area contributed by atoms with Gasteiger partial charge < -0.3 is 0 Å². The van der Waals surface area contributed by atoms with E-state index < -0.39 is 0 Å². The van der Waals surface area contributed by atoms with Crippen LogP contribution in [0.15, 0.2) is 0 Å². The van der Waals surface area contributed by atoms with Gasteiger partial charge in [-0.3, -0.25) is 0 Å². The lowest BCUT2D eigenvalue weighted by Gasteiger charge is -2.05. The van der Waals surface area contributed by atoms with E-state index in [1.807, 2.05) is 0 Å². The summed E-state index contributed by atoms with van der Waals surface area (Å²) in [5.74, 6) is 0.904. The third-order valence-corrected chi connectivity index (χ3v) is 2.89. The lowest BCUT2D eigenvalue weighted by Crippen LogP contribution is -1.85. The molecule has 102 valence electrons. The Balaban J connectivity index is 0. The van der Waals surface area contributed by atoms with E-state index in [1.54, 1.807) is 6.07 Å². The predicted molar refractivity (Wildman–Crippen MR) is 78.0 cm³/mol. The maximum atomic E-state index is 7.32. The summed E-state index contributed by atoms with van der Waals surface area (Å²) in [6, 6.07) is 1.75. The number of unbranched alkanes of at least 4 members (excludes halogenated alkanes) is 2. The summed E-state index contributed by atoms with van der Waals surface area (Å²) >= 11 is 0. The van der Waals surface area contributed by atoms with Crippen LogP contribution >= 0.6 is 0 Å². The van der Waals surface area contributed by atoms with E-state index in [2.05, 4.69) is 20.8 Å². The van der Waals surface area contributed by atoms with E-state index in [0.29, 0.717) is 0 Å². The SMILES string of the molecule is C1CCCCC1.CC#N.CCCCCC(C)C. The highest BCUT2D eigenvalue weighted by molar-refractivity contribution is 4.51. The maximum absolute atomic E-state index is 7.32. The van der Waals surface area contributed by atoms with Crippen molar-refractivity contribution < 1.29 is 0 Å². The Morgan fingerprint density at radius 1 is 0.941 bits per heavy atom. The van der Waals surface area contributed by atoms with Crippen molar-refractivity contribution in [2.45, 2.75) is 91.9 Å². The summed E-state index contributed by atoms with van der Waals surface area (Å²) in [6.07, 6.45) is 14.6. The van der Waals surface area contributed by atoms with Crippen molar-refractivity contribution in [3.8, 4) is 6.07 Å². The summed E-state index contributed by atoms with van der Waals surface area (Å²) in [6.45, 7) is 8.26. The molecule has 1 rings (SSSR count). The summed E-state index contributed by atoms with van der Waals surface area (Å²) in [5.41, 5.74) is 0. The average molecular weight is 239 g/mol. The fourth-order valence-electron chi connectivity index (χ4n) is 1.86. The predicted octanol–water partition coefficient (Wildman–Crippen LogP) is 6.09. The second-order valence-electron chi connectivity index (χ2n) is 5.23. The quantitative estimate of drug-likeness (QED) is 0.544. The molecule has 0 aromatic heterocycles. The van der Waals surface area contributed by atoms with Crippen LogP contribution in [0.4, 0.5) is 0 Å². The minimum absolute atomic E-state index is 0.904. The molecule has 1 nitrogen and oxygen atoms in total. The molecule has 1 saturated carbocycles. The monoisotopic (exact) mass is 239 g/mol. The second kappa shape index (κ2) is 17.9. The molecule has 0 N–H and O–H groups in total. The van der Waals surface area contributed by atoms with Crippen LogP contribution in [-0.4, -0.2) is 0 Å². The smallest absolute Gasteiger partial charge is 0.0587 e. The van der Waals surface area contributed by atoms with Gasteiger partial charge in [-0.2, -0.15) is 5.26 Å². The fraction of sp³-hybridized carbons (Fsp3) is 0.938. The van der Waals surface area contributed by atoms with Crippen LogP contribution in [-0.2, 0) is 0 Å². The van der Waals surface area contributed by atoms with Crippen LogP contribution in [0, 0.1) is 17.2 Å². The Bertz CT molecular complexity index is 140. The molecule has 1 fully saturated rings. The van der Waals surface area contributed by atoms with Gasteiger partial charge >= 0.3 is 0 Å². The molecule has 0 aliphatic heterocycles. The first-order valence-electron chi connectivity index (χ1n) is 7.49. The van der Waals surface area contributed by atoms with Crippen molar-refractivity contribution in [3.63, 3.8) is 0 Å². The van der Waals surface area contributed by atoms with Gasteiger partial charge in [0.2, 0.25) is 0 Å². The topological polar surface area (TPSA) is 23.8 Å². The first kappa shape index (κ1) is 18.8. The molecular weight excluding hydrogens is 206 g/mol. The molecule has 0 aromatic rings. The molecule has 0 heterocycles. The first-order chi connectivity index (χ1) is 8.18. The van der Waals surface area contributed by atoms with Crippen molar-refractivity contribution in [1.29, 1.82) is 5.26 Å². The Labute approximate surface area is 110 Å². The summed E-state index contributed by atoms with van der Waals surface area (Å²) < 4.78 is 0. The molecule has 1 aliphatic rings. The average Bonchev–Trinajstić information content (AvgIpc) is 2.33. The summed E-state index contributed by atoms with van der Waals surface area (Å²) in [4.78, 5) is 0. The molecule has 0 radical (unpaired) electrons. The van der Waals surface area contributed by atoms with Crippen LogP contribution in [0.5, 0.6) is 0 Å². The van der Waals surface area contributed by atoms with Gasteiger partial charge in [0, 0.05) is 6.92 Å². The Kier molecular flexibility index (Phi) is 19.8. The molecule has 0 amide bonds. The fourth-order valence-corrected chi connectivity index (χ4v) is 1.86. The third-order valence-electron chi connectivity index (χ3n) is 2.89. The van der Waals surface area contributed by atoms with Gasteiger partial charge in [0.25, 0.3) is 0 Å². The van der Waals surface area contributed by atoms with Gasteiger partial charge in [-0.15, -0.1) is 0 Å². The normalized spacial score (nSPS) is 13.9. The van der Waals surface area contributed by atoms with Crippen molar-refractivity contribution in [3.05, 3.63) is 0 Å². The van der Waals surface area contributed by atoms with E-state index in [9.17, 15) is 0 Å². The molecule has 1 heteroatoms. The zero-order valence-corrected chi connectivity index (χ0v) is 12.6. The standard InChI is InChI=1S/C8H18.C6H12.C2H3N/c1-4-5-6-7-8(2)3;1-2-4-6-5-3-1;1-2-3/h8H,4-7H2,1-3H3;1-6H2;1H3. The zero-order chi connectivity index (χ0) is 13.4. The molecular formula is C16H33N. The van der Waals surface area contributed by atoms with Gasteiger partial charge in [0.15, 0.2) is 0 Å². The molecule has 0 aromatic carbocycles. The molecule has 0 bridgehead atoms. The summed E-state index contributed by atoms with van der Waals surface area (Å²) in [7, 11) is 0. The molecule has 1 aliphatic carbocycles. The minimum atomic E-state index is 0.904. The van der Waals surface area contributed by atoms with Crippen molar-refractivity contribution in [2.24, 2.45) is 5.92 Å². The van der Waals surface area contributed by atoms with Gasteiger partial charge in [0.05, 0.1) is 6.07 Å². The van der Waals surface area contributed by atoms with Crippen LogP contribution in [0.3, 0.4) is 0 Å². The Hall–Kier alpha value is -0.510. The third kappa shape index (κ3) is 25.6. The van der Waals surface area contributed by atoms with Gasteiger partial charge in [-0.1, -0.05) is 85.0 Å². The van der Waals surface area contributed by atoms with Crippen molar-refractivity contribution >= 4 is 0 Å². The molecule has 0 unspecified atom stereocenters. The van der Waals surface area contributed by atoms with Crippen LogP contribution in [0.1, 0.15) is 91.9 Å². The highest BCUT2D eigenvalue weighted by atomic mass is 14.2. The summed E-state index contributed by atoms with van der Waals surface area (Å²) in [5, 5.41) is 7.32. The van der Waals surface area contributed by atoms with Crippen LogP contribution in [0.2, 0.25) is 0 Å². The van der Waals surface area contributed by atoms with E-state index in [0.717, 1.165) is 5.92 Å². The number of hydrogen-bond donors (Lipinski definition) is 0. The highest BCUT2D eigenvalue weighted by Crippen LogP contribution is 2.15. The maximum Gasteiger partial charge on any atom is 0.0587 e. The number of nitriles is 1. The van der Waals surface area contributed by atoms with E-state index in [4.69, 9.17) is 5.26 Å². The van der Waals surface area contributed by atoms with Crippen LogP contribution < -0.4 is 0 Å². The molecule has 17 heavy (non-hydrogen) atoms. The lowest BCUT2D eigenvalue weighted by molar-refractivity contribution is 0.504. The van der Waals surface area contributed by atoms with Crippen molar-refractivity contribution in [2.75, 3.05) is 0 Å². The van der Waals surface area contributed by atoms with E-state index in [-0.39, 0.29) is 0 Å². The van der Waals surface area contributed by atoms with Crippen molar-refractivity contribution in [1.82, 2.24) is 0 Å². The number of rotatable bonds is 4. The van der Waals surface area contributed by atoms with Crippen LogP contribution in [0.25, 0.3) is 0 Å². The number of hydrogen-bond acceptors (Lipinski definition) is 1. The van der Waals surface area contributed by atoms with Gasteiger partial charge in [-0.05, 0) is 5.92 Å². The molecule has 0 atom stereocenters. The largest absolute Gasteiger partial charge is 0.199 e. The van der Waals surface area contributed by atoms with E-state index in [1.165, 1.54) is 71.1 Å². The second-order valence-corrected chi connectivity index (χ2v) is 5.23. The zero-order valence-electron chi connectivity index (χ0n) is 12.6. The first-order valence-corrected chi connectivity index (χ1v) is 7.49. The lowest BCUT2D eigenvalue weighted by atomic mass is 10.0. The minimum Gasteiger partial charge on any atom is -0.199 e. The number of nitrogens with zero attached hydrogens (tertiary/aromatic N) is 1. The van der Waals surface area contributed by atoms with E-state index >= 15 is 0 Å². The Morgan fingerprint density at radius 3 is 1.53 bits per heavy atom. The van der Waals surface area contributed by atoms with Gasteiger partial charge in [-0.25, -0.2) is 0 Å². The van der Waals surface area contributed by atoms with Gasteiger partial charge in [0.1, 0.15) is 0 Å². The Morgan fingerprint density at radius 2 is 1.29 bits per heavy atom. The molecule has 0 spiro atoms. The molecule has 0 saturated heterocycles. The highest BCUT2D eigenvalue weighted by Gasteiger charge is 1.95.